The van der Waals surface area contributed by atoms with Crippen LogP contribution in [-0.2, 0) is 4.74 Å². The number of piperidine rings is 1. The maximum Gasteiger partial charge on any atom is 0.150 e. The average Bonchev–Trinajstić information content (AvgIpc) is 2.40. The van der Waals surface area contributed by atoms with Crippen molar-refractivity contribution in [1.82, 2.24) is 9.97 Å². The molecule has 18 heavy (non-hydrogen) atoms. The molecule has 0 unspecified atom stereocenters. The molecule has 1 fully saturated rings. The molecule has 1 aliphatic rings. The molecule has 0 aliphatic carbocycles. The molecule has 0 radical (unpaired) electrons. The number of rotatable bonds is 4. The highest BCUT2D eigenvalue weighted by Crippen LogP contribution is 2.23. The molecule has 2 heterocycles. The Morgan fingerprint density at radius 1 is 1.33 bits per heavy atom. The van der Waals surface area contributed by atoms with Gasteiger partial charge in [0.05, 0.1) is 11.4 Å². The summed E-state index contributed by atoms with van der Waals surface area (Å²) in [7, 11) is 0. The lowest BCUT2D eigenvalue weighted by Gasteiger charge is -2.33. The SMILES string of the molecule is CCOCC1CCN(c2nc(C)cnc2C)CC1. The van der Waals surface area contributed by atoms with Crippen LogP contribution >= 0.6 is 0 Å². The van der Waals surface area contributed by atoms with Crippen molar-refractivity contribution in [3.8, 4) is 0 Å². The first-order valence-corrected chi connectivity index (χ1v) is 6.83. The van der Waals surface area contributed by atoms with Crippen molar-refractivity contribution >= 4 is 5.82 Å². The second-order valence-corrected chi connectivity index (χ2v) is 5.01. The summed E-state index contributed by atoms with van der Waals surface area (Å²) in [5.41, 5.74) is 2.02. The second-order valence-electron chi connectivity index (χ2n) is 5.01. The Bertz CT molecular complexity index is 387. The Morgan fingerprint density at radius 2 is 2.06 bits per heavy atom. The van der Waals surface area contributed by atoms with E-state index in [0.717, 1.165) is 43.5 Å². The van der Waals surface area contributed by atoms with E-state index in [1.165, 1.54) is 12.8 Å². The van der Waals surface area contributed by atoms with Gasteiger partial charge in [0.1, 0.15) is 5.82 Å². The zero-order valence-electron chi connectivity index (χ0n) is 11.6. The van der Waals surface area contributed by atoms with Crippen molar-refractivity contribution in [2.75, 3.05) is 31.2 Å². The highest BCUT2D eigenvalue weighted by atomic mass is 16.5. The van der Waals surface area contributed by atoms with Crippen LogP contribution < -0.4 is 4.90 Å². The van der Waals surface area contributed by atoms with E-state index in [-0.39, 0.29) is 0 Å². The van der Waals surface area contributed by atoms with Crippen LogP contribution in [0.15, 0.2) is 6.20 Å². The Morgan fingerprint density at radius 3 is 2.72 bits per heavy atom. The van der Waals surface area contributed by atoms with Crippen LogP contribution in [0.4, 0.5) is 5.82 Å². The monoisotopic (exact) mass is 249 g/mol. The van der Waals surface area contributed by atoms with Gasteiger partial charge in [-0.2, -0.15) is 0 Å². The maximum absolute atomic E-state index is 5.51. The zero-order valence-corrected chi connectivity index (χ0v) is 11.6. The summed E-state index contributed by atoms with van der Waals surface area (Å²) >= 11 is 0. The third-order valence-corrected chi connectivity index (χ3v) is 3.52. The molecule has 4 nitrogen and oxygen atoms in total. The first kappa shape index (κ1) is 13.3. The number of anilines is 1. The van der Waals surface area contributed by atoms with Gasteiger partial charge in [0.25, 0.3) is 0 Å². The standard InChI is InChI=1S/C14H23N3O/c1-4-18-10-13-5-7-17(8-6-13)14-12(3)15-9-11(2)16-14/h9,13H,4-8,10H2,1-3H3. The van der Waals surface area contributed by atoms with Gasteiger partial charge in [0.15, 0.2) is 0 Å². The lowest BCUT2D eigenvalue weighted by molar-refractivity contribution is 0.100. The quantitative estimate of drug-likeness (QED) is 0.821. The molecule has 0 amide bonds. The average molecular weight is 249 g/mol. The van der Waals surface area contributed by atoms with Crippen LogP contribution in [-0.4, -0.2) is 36.3 Å². The predicted molar refractivity (Wildman–Crippen MR) is 72.9 cm³/mol. The number of nitrogens with zero attached hydrogens (tertiary/aromatic N) is 3. The summed E-state index contributed by atoms with van der Waals surface area (Å²) in [4.78, 5) is 11.4. The number of aromatic nitrogens is 2. The van der Waals surface area contributed by atoms with Crippen molar-refractivity contribution in [3.63, 3.8) is 0 Å². The smallest absolute Gasteiger partial charge is 0.150 e. The molecule has 1 saturated heterocycles. The van der Waals surface area contributed by atoms with Crippen molar-refractivity contribution in [3.05, 3.63) is 17.6 Å². The largest absolute Gasteiger partial charge is 0.381 e. The van der Waals surface area contributed by atoms with Crippen LogP contribution in [0.2, 0.25) is 0 Å². The molecule has 1 aliphatic heterocycles. The normalized spacial score (nSPS) is 17.2. The molecule has 0 N–H and O–H groups in total. The van der Waals surface area contributed by atoms with Gasteiger partial charge < -0.3 is 9.64 Å². The van der Waals surface area contributed by atoms with Gasteiger partial charge in [-0.1, -0.05) is 0 Å². The Hall–Kier alpha value is -1.16. The maximum atomic E-state index is 5.51. The summed E-state index contributed by atoms with van der Waals surface area (Å²) < 4.78 is 5.51. The Labute approximate surface area is 109 Å². The zero-order chi connectivity index (χ0) is 13.0. The fourth-order valence-electron chi connectivity index (χ4n) is 2.42. The third kappa shape index (κ3) is 3.19. The highest BCUT2D eigenvalue weighted by Gasteiger charge is 2.21. The van der Waals surface area contributed by atoms with Gasteiger partial charge in [0.2, 0.25) is 0 Å². The molecule has 0 bridgehead atoms. The van der Waals surface area contributed by atoms with Crippen molar-refractivity contribution in [2.24, 2.45) is 5.92 Å². The van der Waals surface area contributed by atoms with Crippen molar-refractivity contribution in [2.45, 2.75) is 33.6 Å². The topological polar surface area (TPSA) is 38.2 Å². The van der Waals surface area contributed by atoms with Gasteiger partial charge in [-0.05, 0) is 39.5 Å². The van der Waals surface area contributed by atoms with Crippen LogP contribution in [0.5, 0.6) is 0 Å². The number of hydrogen-bond acceptors (Lipinski definition) is 4. The van der Waals surface area contributed by atoms with E-state index in [0.29, 0.717) is 5.92 Å². The number of ether oxygens (including phenoxy) is 1. The number of hydrogen-bond donors (Lipinski definition) is 0. The van der Waals surface area contributed by atoms with Gasteiger partial charge >= 0.3 is 0 Å². The molecule has 4 heteroatoms. The fraction of sp³-hybridized carbons (Fsp3) is 0.714. The molecule has 0 spiro atoms. The van der Waals surface area contributed by atoms with E-state index in [1.54, 1.807) is 0 Å². The summed E-state index contributed by atoms with van der Waals surface area (Å²) in [6.45, 7) is 9.95. The molecule has 0 aromatic carbocycles. The summed E-state index contributed by atoms with van der Waals surface area (Å²) in [5.74, 6) is 1.77. The summed E-state index contributed by atoms with van der Waals surface area (Å²) in [6.07, 6.45) is 4.21. The molecular weight excluding hydrogens is 226 g/mol. The minimum atomic E-state index is 0.708. The van der Waals surface area contributed by atoms with Gasteiger partial charge in [0, 0.05) is 32.5 Å². The molecule has 1 aromatic rings. The lowest BCUT2D eigenvalue weighted by atomic mass is 9.98. The molecule has 0 saturated carbocycles. The number of aryl methyl sites for hydroxylation is 2. The van der Waals surface area contributed by atoms with Crippen LogP contribution in [0, 0.1) is 19.8 Å². The lowest BCUT2D eigenvalue weighted by Crippen LogP contribution is -2.36. The van der Waals surface area contributed by atoms with E-state index >= 15 is 0 Å². The predicted octanol–water partition coefficient (Wildman–Crippen LogP) is 2.35. The highest BCUT2D eigenvalue weighted by molar-refractivity contribution is 5.43. The van der Waals surface area contributed by atoms with Gasteiger partial charge in [-0.25, -0.2) is 4.98 Å². The second kappa shape index (κ2) is 6.14. The fourth-order valence-corrected chi connectivity index (χ4v) is 2.42. The van der Waals surface area contributed by atoms with E-state index in [2.05, 4.69) is 21.8 Å². The van der Waals surface area contributed by atoms with Crippen molar-refractivity contribution in [1.29, 1.82) is 0 Å². The molecule has 2 rings (SSSR count). The molecule has 1 aromatic heterocycles. The Balaban J connectivity index is 1.94. The van der Waals surface area contributed by atoms with Crippen LogP contribution in [0.25, 0.3) is 0 Å². The Kier molecular flexibility index (Phi) is 4.53. The first-order valence-electron chi connectivity index (χ1n) is 6.83. The third-order valence-electron chi connectivity index (χ3n) is 3.52. The molecule has 0 atom stereocenters. The summed E-state index contributed by atoms with van der Waals surface area (Å²) in [6, 6.07) is 0. The minimum absolute atomic E-state index is 0.708. The van der Waals surface area contributed by atoms with Crippen LogP contribution in [0.1, 0.15) is 31.2 Å². The van der Waals surface area contributed by atoms with Gasteiger partial charge in [-0.3, -0.25) is 4.98 Å². The van der Waals surface area contributed by atoms with Crippen molar-refractivity contribution < 1.29 is 4.74 Å². The molecular formula is C14H23N3O. The van der Waals surface area contributed by atoms with Crippen LogP contribution in [0.3, 0.4) is 0 Å². The van der Waals surface area contributed by atoms with E-state index < -0.39 is 0 Å². The first-order chi connectivity index (χ1) is 8.70. The molecule has 100 valence electrons. The summed E-state index contributed by atoms with van der Waals surface area (Å²) in [5, 5.41) is 0. The van der Waals surface area contributed by atoms with E-state index in [1.807, 2.05) is 20.0 Å². The van der Waals surface area contributed by atoms with Gasteiger partial charge in [-0.15, -0.1) is 0 Å². The minimum Gasteiger partial charge on any atom is -0.381 e. The van der Waals surface area contributed by atoms with E-state index in [9.17, 15) is 0 Å². The van der Waals surface area contributed by atoms with E-state index in [4.69, 9.17) is 4.74 Å².